The highest BCUT2D eigenvalue weighted by molar-refractivity contribution is 5.85. The SMILES string of the molecule is Cc1ccc(C)c(CCCOc2ccc(CCC(N)(CO)CO)cc2C(F)(F)F)c1.Cl. The maximum Gasteiger partial charge on any atom is 0.419 e. The van der Waals surface area contributed by atoms with Gasteiger partial charge in [0.1, 0.15) is 5.75 Å². The first-order valence-electron chi connectivity index (χ1n) is 9.97. The van der Waals surface area contributed by atoms with Gasteiger partial charge in [-0.15, -0.1) is 12.4 Å². The first-order chi connectivity index (χ1) is 14.1. The van der Waals surface area contributed by atoms with Crippen molar-refractivity contribution in [1.82, 2.24) is 0 Å². The van der Waals surface area contributed by atoms with E-state index in [0.717, 1.165) is 23.6 Å². The summed E-state index contributed by atoms with van der Waals surface area (Å²) >= 11 is 0. The summed E-state index contributed by atoms with van der Waals surface area (Å²) in [6.07, 6.45) is -2.85. The van der Waals surface area contributed by atoms with Crippen molar-refractivity contribution in [1.29, 1.82) is 0 Å². The van der Waals surface area contributed by atoms with Crippen molar-refractivity contribution >= 4 is 12.4 Å². The second-order valence-electron chi connectivity index (χ2n) is 7.89. The highest BCUT2D eigenvalue weighted by Crippen LogP contribution is 2.37. The van der Waals surface area contributed by atoms with Crippen molar-refractivity contribution in [2.45, 2.75) is 51.2 Å². The summed E-state index contributed by atoms with van der Waals surface area (Å²) in [6.45, 7) is 3.30. The fourth-order valence-corrected chi connectivity index (χ4v) is 3.20. The molecule has 31 heavy (non-hydrogen) atoms. The molecule has 0 amide bonds. The molecule has 0 heterocycles. The predicted octanol–water partition coefficient (Wildman–Crippen LogP) is 4.37. The maximum atomic E-state index is 13.5. The molecule has 0 aliphatic heterocycles. The van der Waals surface area contributed by atoms with Crippen LogP contribution in [0.15, 0.2) is 36.4 Å². The molecular formula is C23H31ClF3NO3. The molecular weight excluding hydrogens is 431 g/mol. The number of nitrogens with two attached hydrogens (primary N) is 1. The number of halogens is 4. The highest BCUT2D eigenvalue weighted by Gasteiger charge is 2.35. The predicted molar refractivity (Wildman–Crippen MR) is 118 cm³/mol. The number of hydrogen-bond donors (Lipinski definition) is 3. The molecule has 2 rings (SSSR count). The van der Waals surface area contributed by atoms with E-state index >= 15 is 0 Å². The molecule has 0 unspecified atom stereocenters. The van der Waals surface area contributed by atoms with E-state index in [0.29, 0.717) is 12.0 Å². The Kier molecular flexibility index (Phi) is 10.3. The summed E-state index contributed by atoms with van der Waals surface area (Å²) < 4.78 is 46.0. The minimum Gasteiger partial charge on any atom is -0.493 e. The third kappa shape index (κ3) is 8.00. The number of hydrogen-bond acceptors (Lipinski definition) is 4. The molecule has 2 aromatic carbocycles. The van der Waals surface area contributed by atoms with Crippen LogP contribution in [0.1, 0.15) is 40.7 Å². The summed E-state index contributed by atoms with van der Waals surface area (Å²) in [5.41, 5.74) is 7.64. The zero-order valence-corrected chi connectivity index (χ0v) is 18.7. The first-order valence-corrected chi connectivity index (χ1v) is 9.97. The average Bonchev–Trinajstić information content (AvgIpc) is 2.71. The van der Waals surface area contributed by atoms with Crippen LogP contribution in [0.3, 0.4) is 0 Å². The summed E-state index contributed by atoms with van der Waals surface area (Å²) in [7, 11) is 0. The van der Waals surface area contributed by atoms with Crippen LogP contribution in [-0.2, 0) is 19.0 Å². The Hall–Kier alpha value is -1.80. The van der Waals surface area contributed by atoms with Gasteiger partial charge in [0.25, 0.3) is 0 Å². The number of aryl methyl sites for hydroxylation is 4. The lowest BCUT2D eigenvalue weighted by Gasteiger charge is -2.24. The van der Waals surface area contributed by atoms with Gasteiger partial charge in [0.15, 0.2) is 0 Å². The molecule has 0 radical (unpaired) electrons. The van der Waals surface area contributed by atoms with Gasteiger partial charge in [-0.3, -0.25) is 0 Å². The third-order valence-corrected chi connectivity index (χ3v) is 5.24. The summed E-state index contributed by atoms with van der Waals surface area (Å²) in [5.74, 6) is -0.199. The number of benzene rings is 2. The summed E-state index contributed by atoms with van der Waals surface area (Å²) in [6, 6.07) is 10.1. The van der Waals surface area contributed by atoms with E-state index in [2.05, 4.69) is 6.07 Å². The summed E-state index contributed by atoms with van der Waals surface area (Å²) in [5, 5.41) is 18.5. The van der Waals surface area contributed by atoms with Gasteiger partial charge in [-0.1, -0.05) is 29.8 Å². The van der Waals surface area contributed by atoms with E-state index in [9.17, 15) is 23.4 Å². The van der Waals surface area contributed by atoms with Crippen LogP contribution in [0.4, 0.5) is 13.2 Å². The Bertz CT molecular complexity index is 839. The molecule has 0 aliphatic carbocycles. The van der Waals surface area contributed by atoms with Crippen molar-refractivity contribution in [2.24, 2.45) is 5.73 Å². The van der Waals surface area contributed by atoms with E-state index < -0.39 is 30.5 Å². The van der Waals surface area contributed by atoms with Gasteiger partial charge < -0.3 is 20.7 Å². The Labute approximate surface area is 187 Å². The molecule has 0 aliphatic rings. The van der Waals surface area contributed by atoms with Crippen LogP contribution in [-0.4, -0.2) is 35.6 Å². The minimum absolute atomic E-state index is 0. The fraction of sp³-hybridized carbons (Fsp3) is 0.478. The Morgan fingerprint density at radius 3 is 2.26 bits per heavy atom. The Morgan fingerprint density at radius 2 is 1.65 bits per heavy atom. The van der Waals surface area contributed by atoms with Gasteiger partial charge in [-0.2, -0.15) is 13.2 Å². The van der Waals surface area contributed by atoms with Crippen molar-refractivity contribution in [2.75, 3.05) is 19.8 Å². The number of aliphatic hydroxyl groups is 2. The topological polar surface area (TPSA) is 75.7 Å². The van der Waals surface area contributed by atoms with Crippen molar-refractivity contribution in [3.05, 3.63) is 64.2 Å². The zero-order valence-electron chi connectivity index (χ0n) is 17.8. The van der Waals surface area contributed by atoms with Gasteiger partial charge in [0.2, 0.25) is 0 Å². The van der Waals surface area contributed by atoms with Gasteiger partial charge in [-0.05, 0) is 68.4 Å². The molecule has 2 aromatic rings. The smallest absolute Gasteiger partial charge is 0.419 e. The largest absolute Gasteiger partial charge is 0.493 e. The molecule has 0 spiro atoms. The number of alkyl halides is 3. The van der Waals surface area contributed by atoms with Crippen LogP contribution in [0.5, 0.6) is 5.75 Å². The van der Waals surface area contributed by atoms with E-state index in [4.69, 9.17) is 10.5 Å². The lowest BCUT2D eigenvalue weighted by molar-refractivity contribution is -0.139. The quantitative estimate of drug-likeness (QED) is 0.459. The zero-order chi connectivity index (χ0) is 22.4. The molecule has 0 atom stereocenters. The molecule has 4 nitrogen and oxygen atoms in total. The minimum atomic E-state index is -4.55. The third-order valence-electron chi connectivity index (χ3n) is 5.24. The van der Waals surface area contributed by atoms with Crippen LogP contribution in [0, 0.1) is 13.8 Å². The molecule has 0 fully saturated rings. The molecule has 8 heteroatoms. The van der Waals surface area contributed by atoms with Gasteiger partial charge >= 0.3 is 6.18 Å². The first kappa shape index (κ1) is 27.2. The van der Waals surface area contributed by atoms with Gasteiger partial charge in [-0.25, -0.2) is 0 Å². The maximum absolute atomic E-state index is 13.5. The molecule has 0 aromatic heterocycles. The lowest BCUT2D eigenvalue weighted by Crippen LogP contribution is -2.47. The van der Waals surface area contributed by atoms with Gasteiger partial charge in [0.05, 0.1) is 30.9 Å². The van der Waals surface area contributed by atoms with Crippen LogP contribution in [0.2, 0.25) is 0 Å². The molecule has 0 saturated heterocycles. The second kappa shape index (κ2) is 11.7. The van der Waals surface area contributed by atoms with Crippen molar-refractivity contribution < 1.29 is 28.1 Å². The molecule has 174 valence electrons. The van der Waals surface area contributed by atoms with Crippen LogP contribution >= 0.6 is 12.4 Å². The van der Waals surface area contributed by atoms with Crippen LogP contribution in [0.25, 0.3) is 0 Å². The number of ether oxygens (including phenoxy) is 1. The summed E-state index contributed by atoms with van der Waals surface area (Å²) in [4.78, 5) is 0. The van der Waals surface area contributed by atoms with E-state index in [1.54, 1.807) is 6.07 Å². The van der Waals surface area contributed by atoms with E-state index in [1.165, 1.54) is 11.6 Å². The normalized spacial score (nSPS) is 11.9. The number of rotatable bonds is 10. The van der Waals surface area contributed by atoms with Crippen molar-refractivity contribution in [3.63, 3.8) is 0 Å². The van der Waals surface area contributed by atoms with Crippen molar-refractivity contribution in [3.8, 4) is 5.75 Å². The standard InChI is InChI=1S/C23H30F3NO3.ClH/c1-16-5-6-17(2)19(12-16)4-3-11-30-21-8-7-18(13-20(21)23(24,25)26)9-10-22(27,14-28)15-29;/h5-8,12-13,28-29H,3-4,9-11,14-15,27H2,1-2H3;1H. The van der Waals surface area contributed by atoms with E-state index in [-0.39, 0.29) is 37.6 Å². The van der Waals surface area contributed by atoms with Gasteiger partial charge in [0, 0.05) is 0 Å². The monoisotopic (exact) mass is 461 g/mol. The molecule has 0 bridgehead atoms. The van der Waals surface area contributed by atoms with Crippen LogP contribution < -0.4 is 10.5 Å². The van der Waals surface area contributed by atoms with E-state index in [1.807, 2.05) is 26.0 Å². The molecule has 4 N–H and O–H groups in total. The number of aliphatic hydroxyl groups excluding tert-OH is 2. The second-order valence-corrected chi connectivity index (χ2v) is 7.89. The lowest BCUT2D eigenvalue weighted by atomic mass is 9.93. The molecule has 0 saturated carbocycles. The average molecular weight is 462 g/mol. The Morgan fingerprint density at radius 1 is 0.968 bits per heavy atom. The fourth-order valence-electron chi connectivity index (χ4n) is 3.20. The highest BCUT2D eigenvalue weighted by atomic mass is 35.5. The Balaban J connectivity index is 0.00000480.